The van der Waals surface area contributed by atoms with Gasteiger partial charge in [-0.05, 0) is 54.3 Å². The van der Waals surface area contributed by atoms with Crippen molar-refractivity contribution in [3.8, 4) is 11.1 Å². The first-order valence-corrected chi connectivity index (χ1v) is 9.02. The number of aromatic nitrogens is 2. The highest BCUT2D eigenvalue weighted by Crippen LogP contribution is 2.28. The van der Waals surface area contributed by atoms with Gasteiger partial charge in [-0.25, -0.2) is 9.18 Å². The molecule has 6 heteroatoms. The molecule has 138 valence electrons. The molecule has 0 radical (unpaired) electrons. The van der Waals surface area contributed by atoms with E-state index in [2.05, 4.69) is 10.2 Å². The van der Waals surface area contributed by atoms with Crippen LogP contribution in [0.15, 0.2) is 54.9 Å². The summed E-state index contributed by atoms with van der Waals surface area (Å²) < 4.78 is 13.0. The van der Waals surface area contributed by atoms with E-state index in [0.29, 0.717) is 19.6 Å². The molecule has 5 nitrogen and oxygen atoms in total. The molecule has 1 aliphatic heterocycles. The van der Waals surface area contributed by atoms with Crippen LogP contribution in [0.4, 0.5) is 14.9 Å². The van der Waals surface area contributed by atoms with Crippen LogP contribution in [-0.4, -0.2) is 40.8 Å². The molecule has 2 heterocycles. The van der Waals surface area contributed by atoms with E-state index in [0.717, 1.165) is 34.4 Å². The average molecular weight is 364 g/mol. The Balaban J connectivity index is 1.44. The van der Waals surface area contributed by atoms with Crippen molar-refractivity contribution in [3.05, 3.63) is 71.8 Å². The Morgan fingerprint density at radius 3 is 2.67 bits per heavy atom. The molecule has 1 saturated heterocycles. The van der Waals surface area contributed by atoms with Crippen LogP contribution in [0.3, 0.4) is 0 Å². The SMILES string of the molecule is Cc1cc(N2CCN(CCc3ccc(F)cc3)C2=O)ccc1-c1cn[nH]c1. The maximum atomic E-state index is 13.0. The van der Waals surface area contributed by atoms with Crippen molar-refractivity contribution in [2.45, 2.75) is 13.3 Å². The number of amides is 2. The normalized spacial score (nSPS) is 14.2. The minimum Gasteiger partial charge on any atom is -0.322 e. The molecule has 1 N–H and O–H groups in total. The van der Waals surface area contributed by atoms with Gasteiger partial charge in [-0.15, -0.1) is 0 Å². The molecule has 27 heavy (non-hydrogen) atoms. The van der Waals surface area contributed by atoms with Crippen molar-refractivity contribution in [1.82, 2.24) is 15.1 Å². The van der Waals surface area contributed by atoms with Gasteiger partial charge in [0.1, 0.15) is 5.82 Å². The topological polar surface area (TPSA) is 52.2 Å². The van der Waals surface area contributed by atoms with Crippen molar-refractivity contribution in [1.29, 1.82) is 0 Å². The lowest BCUT2D eigenvalue weighted by Crippen LogP contribution is -2.33. The van der Waals surface area contributed by atoms with Gasteiger partial charge < -0.3 is 4.90 Å². The molecule has 2 amide bonds. The molecule has 3 aromatic rings. The molecule has 0 atom stereocenters. The van der Waals surface area contributed by atoms with Crippen LogP contribution in [0, 0.1) is 12.7 Å². The summed E-state index contributed by atoms with van der Waals surface area (Å²) in [7, 11) is 0. The minimum absolute atomic E-state index is 0.0209. The van der Waals surface area contributed by atoms with E-state index in [1.54, 1.807) is 18.3 Å². The van der Waals surface area contributed by atoms with Gasteiger partial charge in [-0.2, -0.15) is 5.10 Å². The summed E-state index contributed by atoms with van der Waals surface area (Å²) >= 11 is 0. The highest BCUT2D eigenvalue weighted by atomic mass is 19.1. The Bertz CT molecular complexity index is 937. The number of H-pyrrole nitrogens is 1. The predicted octanol–water partition coefficient (Wildman–Crippen LogP) is 4.01. The van der Waals surface area contributed by atoms with E-state index < -0.39 is 0 Å². The molecule has 1 aliphatic rings. The third-order valence-corrected chi connectivity index (χ3v) is 5.01. The number of urea groups is 1. The minimum atomic E-state index is -0.239. The van der Waals surface area contributed by atoms with Crippen molar-refractivity contribution in [2.24, 2.45) is 0 Å². The number of carbonyl (C=O) groups is 1. The summed E-state index contributed by atoms with van der Waals surface area (Å²) in [4.78, 5) is 16.4. The second-order valence-electron chi connectivity index (χ2n) is 6.78. The fourth-order valence-corrected chi connectivity index (χ4v) is 3.48. The molecular formula is C21H21FN4O. The van der Waals surface area contributed by atoms with E-state index in [4.69, 9.17) is 0 Å². The van der Waals surface area contributed by atoms with Crippen LogP contribution in [0.2, 0.25) is 0 Å². The number of hydrogen-bond acceptors (Lipinski definition) is 2. The molecule has 2 aromatic carbocycles. The number of aromatic amines is 1. The van der Waals surface area contributed by atoms with Gasteiger partial charge in [0.2, 0.25) is 0 Å². The number of carbonyl (C=O) groups excluding carboxylic acids is 1. The molecule has 4 rings (SSSR count). The van der Waals surface area contributed by atoms with Gasteiger partial charge in [-0.1, -0.05) is 18.2 Å². The molecule has 0 aliphatic carbocycles. The first-order chi connectivity index (χ1) is 13.1. The zero-order chi connectivity index (χ0) is 18.8. The van der Waals surface area contributed by atoms with Crippen LogP contribution >= 0.6 is 0 Å². The number of benzene rings is 2. The lowest BCUT2D eigenvalue weighted by Gasteiger charge is -2.20. The molecule has 0 spiro atoms. The van der Waals surface area contributed by atoms with E-state index in [1.165, 1.54) is 12.1 Å². The van der Waals surface area contributed by atoms with E-state index in [9.17, 15) is 9.18 Å². The van der Waals surface area contributed by atoms with Crippen molar-refractivity contribution >= 4 is 11.7 Å². The fourth-order valence-electron chi connectivity index (χ4n) is 3.48. The second-order valence-corrected chi connectivity index (χ2v) is 6.78. The Labute approximate surface area is 157 Å². The number of anilines is 1. The summed E-state index contributed by atoms with van der Waals surface area (Å²) in [6.45, 7) is 4.04. The highest BCUT2D eigenvalue weighted by molar-refractivity contribution is 5.94. The first kappa shape index (κ1) is 17.3. The van der Waals surface area contributed by atoms with E-state index in [-0.39, 0.29) is 11.8 Å². The maximum absolute atomic E-state index is 13.0. The van der Waals surface area contributed by atoms with E-state index in [1.807, 2.05) is 41.1 Å². The van der Waals surface area contributed by atoms with Gasteiger partial charge in [0.15, 0.2) is 0 Å². The first-order valence-electron chi connectivity index (χ1n) is 9.02. The van der Waals surface area contributed by atoms with Crippen molar-refractivity contribution in [2.75, 3.05) is 24.5 Å². The molecule has 1 aromatic heterocycles. The lowest BCUT2D eigenvalue weighted by molar-refractivity contribution is 0.221. The average Bonchev–Trinajstić information content (AvgIpc) is 3.31. The molecule has 0 unspecified atom stereocenters. The quantitative estimate of drug-likeness (QED) is 0.744. The van der Waals surface area contributed by atoms with Crippen molar-refractivity contribution < 1.29 is 9.18 Å². The molecule has 1 fully saturated rings. The highest BCUT2D eigenvalue weighted by Gasteiger charge is 2.29. The molecular weight excluding hydrogens is 343 g/mol. The van der Waals surface area contributed by atoms with Gasteiger partial charge in [-0.3, -0.25) is 10.00 Å². The monoisotopic (exact) mass is 364 g/mol. The fraction of sp³-hybridized carbons (Fsp3) is 0.238. The summed E-state index contributed by atoms with van der Waals surface area (Å²) in [5.41, 5.74) is 5.18. The second kappa shape index (κ2) is 7.23. The smallest absolute Gasteiger partial charge is 0.322 e. The summed E-state index contributed by atoms with van der Waals surface area (Å²) in [5.74, 6) is -0.239. The maximum Gasteiger partial charge on any atom is 0.324 e. The predicted molar refractivity (Wildman–Crippen MR) is 103 cm³/mol. The number of nitrogens with one attached hydrogen (secondary N) is 1. The van der Waals surface area contributed by atoms with Gasteiger partial charge in [0.25, 0.3) is 0 Å². The standard InChI is InChI=1S/C21H21FN4O/c1-15-12-19(6-7-20(15)17-13-23-24-14-17)26-11-10-25(21(26)27)9-8-16-2-4-18(22)5-3-16/h2-7,12-14H,8-11H2,1H3,(H,23,24). The lowest BCUT2D eigenvalue weighted by atomic mass is 10.0. The Hall–Kier alpha value is -3.15. The van der Waals surface area contributed by atoms with Crippen LogP contribution in [0.1, 0.15) is 11.1 Å². The largest absolute Gasteiger partial charge is 0.324 e. The summed E-state index contributed by atoms with van der Waals surface area (Å²) in [6.07, 6.45) is 4.37. The van der Waals surface area contributed by atoms with Crippen LogP contribution in [0.25, 0.3) is 11.1 Å². The number of rotatable bonds is 5. The van der Waals surface area contributed by atoms with Gasteiger partial charge in [0.05, 0.1) is 6.20 Å². The summed E-state index contributed by atoms with van der Waals surface area (Å²) in [6, 6.07) is 12.5. The number of nitrogens with zero attached hydrogens (tertiary/aromatic N) is 3. The zero-order valence-corrected chi connectivity index (χ0v) is 15.2. The number of aryl methyl sites for hydroxylation is 1. The Kier molecular flexibility index (Phi) is 4.62. The van der Waals surface area contributed by atoms with Gasteiger partial charge >= 0.3 is 6.03 Å². The third kappa shape index (κ3) is 3.56. The summed E-state index contributed by atoms with van der Waals surface area (Å²) in [5, 5.41) is 6.82. The zero-order valence-electron chi connectivity index (χ0n) is 15.2. The van der Waals surface area contributed by atoms with Crippen molar-refractivity contribution in [3.63, 3.8) is 0 Å². The van der Waals surface area contributed by atoms with E-state index >= 15 is 0 Å². The Morgan fingerprint density at radius 1 is 1.15 bits per heavy atom. The van der Waals surface area contributed by atoms with Gasteiger partial charge in [0, 0.05) is 37.1 Å². The van der Waals surface area contributed by atoms with Crippen LogP contribution < -0.4 is 4.90 Å². The Morgan fingerprint density at radius 2 is 1.96 bits per heavy atom. The molecule has 0 bridgehead atoms. The number of hydrogen-bond donors (Lipinski definition) is 1. The number of halogens is 1. The third-order valence-electron chi connectivity index (χ3n) is 5.01. The van der Waals surface area contributed by atoms with Crippen LogP contribution in [0.5, 0.6) is 0 Å². The van der Waals surface area contributed by atoms with Crippen LogP contribution in [-0.2, 0) is 6.42 Å². The molecule has 0 saturated carbocycles.